The first-order valence-corrected chi connectivity index (χ1v) is 9.32. The Morgan fingerprint density at radius 1 is 1.08 bits per heavy atom. The zero-order valence-electron chi connectivity index (χ0n) is 15.0. The van der Waals surface area contributed by atoms with Gasteiger partial charge in [-0.25, -0.2) is 0 Å². The zero-order valence-corrected chi connectivity index (χ0v) is 15.0. The molecular formula is C20H28N2O3. The predicted octanol–water partition coefficient (Wildman–Crippen LogP) is 2.31. The number of carbonyl (C=O) groups excluding carboxylic acids is 2. The first-order chi connectivity index (χ1) is 12.2. The summed E-state index contributed by atoms with van der Waals surface area (Å²) in [5.74, 6) is -0.836. The number of methoxy groups -OCH3 is 1. The smallest absolute Gasteiger partial charge is 0.318 e. The molecule has 136 valence electrons. The summed E-state index contributed by atoms with van der Waals surface area (Å²) >= 11 is 0. The molecule has 1 atom stereocenters. The Morgan fingerprint density at radius 3 is 2.32 bits per heavy atom. The SMILES string of the molecule is COC(=O)C(C(=O)N1CCN(Cc2ccccc2)CC1)C1CCCC1. The molecule has 0 spiro atoms. The van der Waals surface area contributed by atoms with Gasteiger partial charge in [-0.05, 0) is 24.3 Å². The minimum Gasteiger partial charge on any atom is -0.468 e. The van der Waals surface area contributed by atoms with E-state index < -0.39 is 5.92 Å². The Morgan fingerprint density at radius 2 is 1.72 bits per heavy atom. The van der Waals surface area contributed by atoms with Gasteiger partial charge in [-0.15, -0.1) is 0 Å². The van der Waals surface area contributed by atoms with E-state index in [-0.39, 0.29) is 17.8 Å². The van der Waals surface area contributed by atoms with Crippen LogP contribution >= 0.6 is 0 Å². The van der Waals surface area contributed by atoms with Gasteiger partial charge in [0, 0.05) is 32.7 Å². The fraction of sp³-hybridized carbons (Fsp3) is 0.600. The van der Waals surface area contributed by atoms with E-state index in [0.29, 0.717) is 13.1 Å². The van der Waals surface area contributed by atoms with E-state index in [4.69, 9.17) is 4.74 Å². The first-order valence-electron chi connectivity index (χ1n) is 9.32. The van der Waals surface area contributed by atoms with E-state index in [2.05, 4.69) is 29.2 Å². The van der Waals surface area contributed by atoms with Crippen LogP contribution in [0.3, 0.4) is 0 Å². The van der Waals surface area contributed by atoms with Gasteiger partial charge in [0.25, 0.3) is 0 Å². The third kappa shape index (κ3) is 4.40. The second-order valence-corrected chi connectivity index (χ2v) is 7.13. The highest BCUT2D eigenvalue weighted by molar-refractivity contribution is 5.98. The van der Waals surface area contributed by atoms with Crippen LogP contribution in [0.15, 0.2) is 30.3 Å². The Bertz CT molecular complexity index is 576. The monoisotopic (exact) mass is 344 g/mol. The molecule has 1 saturated heterocycles. The Kier molecular flexibility index (Phi) is 6.08. The molecule has 1 aliphatic heterocycles. The Balaban J connectivity index is 1.57. The lowest BCUT2D eigenvalue weighted by Crippen LogP contribution is -2.52. The molecule has 1 aromatic rings. The van der Waals surface area contributed by atoms with Crippen LogP contribution in [0.1, 0.15) is 31.2 Å². The second-order valence-electron chi connectivity index (χ2n) is 7.13. The van der Waals surface area contributed by atoms with Crippen LogP contribution in [0.5, 0.6) is 0 Å². The van der Waals surface area contributed by atoms with Gasteiger partial charge in [0.2, 0.25) is 5.91 Å². The van der Waals surface area contributed by atoms with Crippen molar-refractivity contribution in [2.75, 3.05) is 33.3 Å². The van der Waals surface area contributed by atoms with Crippen LogP contribution < -0.4 is 0 Å². The summed E-state index contributed by atoms with van der Waals surface area (Å²) in [6.07, 6.45) is 4.13. The molecule has 0 bridgehead atoms. The van der Waals surface area contributed by atoms with E-state index in [1.54, 1.807) is 0 Å². The topological polar surface area (TPSA) is 49.9 Å². The van der Waals surface area contributed by atoms with Crippen molar-refractivity contribution in [1.82, 2.24) is 9.80 Å². The average Bonchev–Trinajstić information content (AvgIpc) is 3.17. The van der Waals surface area contributed by atoms with Gasteiger partial charge < -0.3 is 9.64 Å². The zero-order chi connectivity index (χ0) is 17.6. The standard InChI is InChI=1S/C20H28N2O3/c1-25-20(24)18(17-9-5-6-10-17)19(23)22-13-11-21(12-14-22)15-16-7-3-2-4-8-16/h2-4,7-8,17-18H,5-6,9-15H2,1H3. The number of piperazine rings is 1. The van der Waals surface area contributed by atoms with E-state index in [1.165, 1.54) is 12.7 Å². The van der Waals surface area contributed by atoms with Crippen LogP contribution in [-0.2, 0) is 20.9 Å². The highest BCUT2D eigenvalue weighted by Gasteiger charge is 2.40. The largest absolute Gasteiger partial charge is 0.468 e. The van der Waals surface area contributed by atoms with Gasteiger partial charge in [-0.2, -0.15) is 0 Å². The molecule has 0 aromatic heterocycles. The van der Waals surface area contributed by atoms with Crippen molar-refractivity contribution in [2.45, 2.75) is 32.2 Å². The van der Waals surface area contributed by atoms with E-state index in [9.17, 15) is 9.59 Å². The van der Waals surface area contributed by atoms with Crippen molar-refractivity contribution in [3.8, 4) is 0 Å². The van der Waals surface area contributed by atoms with Crippen molar-refractivity contribution in [2.24, 2.45) is 11.8 Å². The lowest BCUT2D eigenvalue weighted by Gasteiger charge is -2.37. The molecule has 0 radical (unpaired) electrons. The molecule has 2 aliphatic rings. The average molecular weight is 344 g/mol. The Hall–Kier alpha value is -1.88. The van der Waals surface area contributed by atoms with Gasteiger partial charge in [-0.1, -0.05) is 43.2 Å². The summed E-state index contributed by atoms with van der Waals surface area (Å²) in [5.41, 5.74) is 1.29. The van der Waals surface area contributed by atoms with E-state index in [1.807, 2.05) is 11.0 Å². The number of rotatable bonds is 5. The maximum absolute atomic E-state index is 13.0. The van der Waals surface area contributed by atoms with Crippen LogP contribution in [0.2, 0.25) is 0 Å². The van der Waals surface area contributed by atoms with Gasteiger partial charge in [0.15, 0.2) is 0 Å². The molecule has 1 heterocycles. The molecule has 1 aliphatic carbocycles. The lowest BCUT2D eigenvalue weighted by atomic mass is 9.89. The number of carbonyl (C=O) groups is 2. The van der Waals surface area contributed by atoms with Crippen LogP contribution in [0, 0.1) is 11.8 Å². The van der Waals surface area contributed by atoms with E-state index in [0.717, 1.165) is 45.3 Å². The van der Waals surface area contributed by atoms with Crippen molar-refractivity contribution in [1.29, 1.82) is 0 Å². The molecule has 1 saturated carbocycles. The van der Waals surface area contributed by atoms with Crippen molar-refractivity contribution < 1.29 is 14.3 Å². The molecule has 5 nitrogen and oxygen atoms in total. The molecule has 1 aromatic carbocycles. The minimum atomic E-state index is -0.604. The fourth-order valence-electron chi connectivity index (χ4n) is 4.08. The number of hydrogen-bond donors (Lipinski definition) is 0. The number of amides is 1. The summed E-state index contributed by atoms with van der Waals surface area (Å²) in [4.78, 5) is 29.4. The molecule has 25 heavy (non-hydrogen) atoms. The number of nitrogens with zero attached hydrogens (tertiary/aromatic N) is 2. The number of ether oxygens (including phenoxy) is 1. The second kappa shape index (κ2) is 8.48. The van der Waals surface area contributed by atoms with Gasteiger partial charge in [0.05, 0.1) is 7.11 Å². The maximum Gasteiger partial charge on any atom is 0.318 e. The summed E-state index contributed by atoms with van der Waals surface area (Å²) < 4.78 is 4.94. The van der Waals surface area contributed by atoms with Crippen LogP contribution in [0.4, 0.5) is 0 Å². The maximum atomic E-state index is 13.0. The highest BCUT2D eigenvalue weighted by Crippen LogP contribution is 2.33. The molecule has 0 N–H and O–H groups in total. The summed E-state index contributed by atoms with van der Waals surface area (Å²) in [5, 5.41) is 0. The van der Waals surface area contributed by atoms with Crippen LogP contribution in [-0.4, -0.2) is 55.0 Å². The third-order valence-electron chi connectivity index (χ3n) is 5.53. The number of hydrogen-bond acceptors (Lipinski definition) is 4. The molecule has 3 rings (SSSR count). The van der Waals surface area contributed by atoms with Gasteiger partial charge in [0.1, 0.15) is 5.92 Å². The highest BCUT2D eigenvalue weighted by atomic mass is 16.5. The predicted molar refractivity (Wildman–Crippen MR) is 95.8 cm³/mol. The minimum absolute atomic E-state index is 0.0295. The number of esters is 1. The quantitative estimate of drug-likeness (QED) is 0.608. The fourth-order valence-corrected chi connectivity index (χ4v) is 4.08. The third-order valence-corrected chi connectivity index (χ3v) is 5.53. The van der Waals surface area contributed by atoms with Crippen molar-refractivity contribution in [3.63, 3.8) is 0 Å². The summed E-state index contributed by atoms with van der Waals surface area (Å²) in [6, 6.07) is 10.4. The van der Waals surface area contributed by atoms with Crippen molar-refractivity contribution in [3.05, 3.63) is 35.9 Å². The summed E-state index contributed by atoms with van der Waals surface area (Å²) in [7, 11) is 1.38. The molecule has 1 amide bonds. The Labute approximate surface area is 149 Å². The molecule has 1 unspecified atom stereocenters. The normalized spacial score (nSPS) is 20.4. The van der Waals surface area contributed by atoms with E-state index >= 15 is 0 Å². The summed E-state index contributed by atoms with van der Waals surface area (Å²) in [6.45, 7) is 3.97. The lowest BCUT2D eigenvalue weighted by molar-refractivity contribution is -0.157. The van der Waals surface area contributed by atoms with Crippen molar-refractivity contribution >= 4 is 11.9 Å². The molecule has 2 fully saturated rings. The molecule has 5 heteroatoms. The van der Waals surface area contributed by atoms with Gasteiger partial charge >= 0.3 is 5.97 Å². The molecular weight excluding hydrogens is 316 g/mol. The van der Waals surface area contributed by atoms with Gasteiger partial charge in [-0.3, -0.25) is 14.5 Å². The first kappa shape index (κ1) is 17.9. The number of benzene rings is 1. The van der Waals surface area contributed by atoms with Crippen LogP contribution in [0.25, 0.3) is 0 Å².